The Balaban J connectivity index is 1.55. The van der Waals surface area contributed by atoms with E-state index in [-0.39, 0.29) is 18.1 Å². The fourth-order valence-electron chi connectivity index (χ4n) is 3.95. The number of carbonyl (C=O) groups excluding carboxylic acids is 2. The van der Waals surface area contributed by atoms with Gasteiger partial charge >= 0.3 is 6.09 Å². The van der Waals surface area contributed by atoms with E-state index in [4.69, 9.17) is 4.74 Å². The predicted octanol–water partition coefficient (Wildman–Crippen LogP) is 5.76. The molecule has 3 aromatic rings. The number of phenolic OH excluding ortho intramolecular Hbond substituents is 1. The van der Waals surface area contributed by atoms with Crippen LogP contribution in [0, 0.1) is 0 Å². The fourth-order valence-corrected chi connectivity index (χ4v) is 3.95. The first-order valence-electron chi connectivity index (χ1n) is 12.1. The van der Waals surface area contributed by atoms with Gasteiger partial charge in [0.2, 0.25) is 5.91 Å². The quantitative estimate of drug-likeness (QED) is 0.376. The van der Waals surface area contributed by atoms with Crippen molar-refractivity contribution in [3.63, 3.8) is 0 Å². The number of alkyl carbamates (subject to hydrolysis) is 1. The van der Waals surface area contributed by atoms with Gasteiger partial charge in [0.1, 0.15) is 11.4 Å². The lowest BCUT2D eigenvalue weighted by molar-refractivity contribution is -0.120. The summed E-state index contributed by atoms with van der Waals surface area (Å²) in [5.41, 5.74) is 3.90. The lowest BCUT2D eigenvalue weighted by atomic mass is 9.93. The summed E-state index contributed by atoms with van der Waals surface area (Å²) in [7, 11) is 0. The van der Waals surface area contributed by atoms with E-state index >= 15 is 0 Å². The molecule has 0 aromatic heterocycles. The zero-order chi connectivity index (χ0) is 26.3. The number of phenols is 1. The van der Waals surface area contributed by atoms with E-state index in [0.717, 1.165) is 27.8 Å². The molecule has 6 nitrogen and oxygen atoms in total. The highest BCUT2D eigenvalue weighted by molar-refractivity contribution is 5.78. The molecule has 0 saturated heterocycles. The molecular formula is C30H36N2O4. The van der Waals surface area contributed by atoms with Crippen LogP contribution >= 0.6 is 0 Å². The molecule has 0 saturated carbocycles. The third kappa shape index (κ3) is 8.77. The molecule has 0 atom stereocenters. The van der Waals surface area contributed by atoms with Crippen LogP contribution in [0.4, 0.5) is 4.79 Å². The number of hydrogen-bond donors (Lipinski definition) is 3. The van der Waals surface area contributed by atoms with E-state index in [2.05, 4.69) is 10.6 Å². The molecule has 0 aliphatic heterocycles. The molecular weight excluding hydrogens is 452 g/mol. The number of carbonyl (C=O) groups is 2. The lowest BCUT2D eigenvalue weighted by Gasteiger charge is -2.29. The monoisotopic (exact) mass is 488 g/mol. The number of benzene rings is 3. The van der Waals surface area contributed by atoms with E-state index < -0.39 is 17.2 Å². The van der Waals surface area contributed by atoms with Gasteiger partial charge in [-0.1, -0.05) is 54.6 Å². The number of nitrogens with one attached hydrogen (secondary N) is 2. The Kier molecular flexibility index (Phi) is 8.41. The van der Waals surface area contributed by atoms with E-state index in [1.165, 1.54) is 0 Å². The van der Waals surface area contributed by atoms with Crippen molar-refractivity contribution in [3.8, 4) is 16.9 Å². The SMILES string of the molecule is CC(C)(Cc1cccc(CC(=O)NCc2cccc(-c3ccc(O)cc3)c2)c1)NC(=O)OC(C)(C)C. The van der Waals surface area contributed by atoms with Crippen molar-refractivity contribution in [2.75, 3.05) is 0 Å². The molecule has 0 aliphatic rings. The summed E-state index contributed by atoms with van der Waals surface area (Å²) in [6.07, 6.45) is 0.425. The summed E-state index contributed by atoms with van der Waals surface area (Å²) >= 11 is 0. The van der Waals surface area contributed by atoms with Crippen molar-refractivity contribution >= 4 is 12.0 Å². The Morgan fingerprint density at radius 2 is 1.44 bits per heavy atom. The highest BCUT2D eigenvalue weighted by Gasteiger charge is 2.25. The molecule has 6 heteroatoms. The number of aromatic hydroxyl groups is 1. The van der Waals surface area contributed by atoms with Crippen molar-refractivity contribution in [1.29, 1.82) is 0 Å². The van der Waals surface area contributed by atoms with Gasteiger partial charge in [-0.25, -0.2) is 4.79 Å². The van der Waals surface area contributed by atoms with E-state index in [9.17, 15) is 14.7 Å². The Labute approximate surface area is 213 Å². The van der Waals surface area contributed by atoms with Crippen LogP contribution in [0.5, 0.6) is 5.75 Å². The molecule has 36 heavy (non-hydrogen) atoms. The van der Waals surface area contributed by atoms with Crippen LogP contribution in [0.2, 0.25) is 0 Å². The average Bonchev–Trinajstić information content (AvgIpc) is 2.76. The van der Waals surface area contributed by atoms with Gasteiger partial charge in [-0.3, -0.25) is 4.79 Å². The Morgan fingerprint density at radius 1 is 0.806 bits per heavy atom. The van der Waals surface area contributed by atoms with Crippen molar-refractivity contribution < 1.29 is 19.4 Å². The largest absolute Gasteiger partial charge is 0.508 e. The smallest absolute Gasteiger partial charge is 0.408 e. The zero-order valence-corrected chi connectivity index (χ0v) is 21.7. The summed E-state index contributed by atoms with van der Waals surface area (Å²) in [5, 5.41) is 15.4. The standard InChI is InChI=1S/C30H36N2O4/c1-29(2,3)36-28(35)32-30(4,5)19-22-9-6-8-21(16-22)18-27(34)31-20-23-10-7-11-25(17-23)24-12-14-26(33)15-13-24/h6-17,33H,18-20H2,1-5H3,(H,31,34)(H,32,35). The molecule has 0 spiro atoms. The predicted molar refractivity (Wildman–Crippen MR) is 143 cm³/mol. The number of amides is 2. The molecule has 3 rings (SSSR count). The third-order valence-corrected chi connectivity index (χ3v) is 5.46. The van der Waals surface area contributed by atoms with Gasteiger partial charge in [-0.15, -0.1) is 0 Å². The third-order valence-electron chi connectivity index (χ3n) is 5.46. The van der Waals surface area contributed by atoms with E-state index in [1.54, 1.807) is 12.1 Å². The van der Waals surface area contributed by atoms with Gasteiger partial charge in [0.05, 0.1) is 6.42 Å². The fraction of sp³-hybridized carbons (Fsp3) is 0.333. The minimum atomic E-state index is -0.555. The second-order valence-electron chi connectivity index (χ2n) is 10.7. The van der Waals surface area contributed by atoms with E-state index in [0.29, 0.717) is 13.0 Å². The van der Waals surface area contributed by atoms with Crippen LogP contribution in [-0.2, 0) is 28.9 Å². The van der Waals surface area contributed by atoms with Crippen LogP contribution < -0.4 is 10.6 Å². The Morgan fingerprint density at radius 3 is 2.14 bits per heavy atom. The molecule has 0 aliphatic carbocycles. The van der Waals surface area contributed by atoms with E-state index in [1.807, 2.05) is 95.3 Å². The molecule has 3 aromatic carbocycles. The first-order chi connectivity index (χ1) is 16.9. The lowest BCUT2D eigenvalue weighted by Crippen LogP contribution is -2.47. The van der Waals surface area contributed by atoms with Crippen LogP contribution in [0.3, 0.4) is 0 Å². The molecule has 3 N–H and O–H groups in total. The van der Waals surface area contributed by atoms with Gasteiger partial charge < -0.3 is 20.5 Å². The molecule has 0 fully saturated rings. The summed E-state index contributed by atoms with van der Waals surface area (Å²) in [6, 6.07) is 22.9. The molecule has 190 valence electrons. The second kappa shape index (κ2) is 11.3. The maximum atomic E-state index is 12.6. The first-order valence-corrected chi connectivity index (χ1v) is 12.1. The topological polar surface area (TPSA) is 87.7 Å². The molecule has 0 bridgehead atoms. The molecule has 2 amide bonds. The summed E-state index contributed by atoms with van der Waals surface area (Å²) in [6.45, 7) is 9.82. The molecule has 0 heterocycles. The summed E-state index contributed by atoms with van der Waals surface area (Å²) in [5.74, 6) is 0.169. The Bertz CT molecular complexity index is 1190. The second-order valence-corrected chi connectivity index (χ2v) is 10.7. The average molecular weight is 489 g/mol. The Hall–Kier alpha value is -3.80. The molecule has 0 unspecified atom stereocenters. The maximum absolute atomic E-state index is 12.6. The minimum Gasteiger partial charge on any atom is -0.508 e. The minimum absolute atomic E-state index is 0.0617. The van der Waals surface area contributed by atoms with Crippen molar-refractivity contribution in [2.45, 2.75) is 65.1 Å². The van der Waals surface area contributed by atoms with Crippen LogP contribution in [0.25, 0.3) is 11.1 Å². The summed E-state index contributed by atoms with van der Waals surface area (Å²) in [4.78, 5) is 24.8. The van der Waals surface area contributed by atoms with Crippen LogP contribution in [0.15, 0.2) is 72.8 Å². The van der Waals surface area contributed by atoms with Gasteiger partial charge in [-0.05, 0) is 87.1 Å². The number of ether oxygens (including phenoxy) is 1. The van der Waals surface area contributed by atoms with Crippen molar-refractivity contribution in [3.05, 3.63) is 89.5 Å². The van der Waals surface area contributed by atoms with Gasteiger partial charge in [0.25, 0.3) is 0 Å². The van der Waals surface area contributed by atoms with Crippen molar-refractivity contribution in [2.24, 2.45) is 0 Å². The van der Waals surface area contributed by atoms with Gasteiger partial charge in [0.15, 0.2) is 0 Å². The van der Waals surface area contributed by atoms with Gasteiger partial charge in [-0.2, -0.15) is 0 Å². The number of hydrogen-bond acceptors (Lipinski definition) is 4. The summed E-state index contributed by atoms with van der Waals surface area (Å²) < 4.78 is 5.38. The highest BCUT2D eigenvalue weighted by atomic mass is 16.6. The molecule has 0 radical (unpaired) electrons. The number of rotatable bonds is 8. The normalized spacial score (nSPS) is 11.6. The zero-order valence-electron chi connectivity index (χ0n) is 21.7. The maximum Gasteiger partial charge on any atom is 0.408 e. The van der Waals surface area contributed by atoms with Crippen LogP contribution in [0.1, 0.15) is 51.3 Å². The van der Waals surface area contributed by atoms with Crippen molar-refractivity contribution in [1.82, 2.24) is 10.6 Å². The van der Waals surface area contributed by atoms with Gasteiger partial charge in [0, 0.05) is 12.1 Å². The first kappa shape index (κ1) is 26.8. The van der Waals surface area contributed by atoms with Crippen LogP contribution in [-0.4, -0.2) is 28.2 Å². The highest BCUT2D eigenvalue weighted by Crippen LogP contribution is 2.23.